The number of rotatable bonds is 3. The van der Waals surface area contributed by atoms with Gasteiger partial charge in [0.25, 0.3) is 0 Å². The Hall–Kier alpha value is -0.180. The maximum atomic E-state index is 11.6. The first-order valence-electron chi connectivity index (χ1n) is 3.02. The summed E-state index contributed by atoms with van der Waals surface area (Å²) >= 11 is 1.76. The lowest BCUT2D eigenvalue weighted by atomic mass is 10.4. The van der Waals surface area contributed by atoms with E-state index in [1.165, 1.54) is 0 Å². The summed E-state index contributed by atoms with van der Waals surface area (Å²) in [6.07, 6.45) is 2.67. The standard InChI is InChI=1S/C6H10FNS/c7-2-1-3-8-4-5-9-6-8/h4-5H,1-3,6H2. The zero-order chi connectivity index (χ0) is 6.53. The molecule has 0 spiro atoms. The number of thioether (sulfide) groups is 1. The molecule has 52 valence electrons. The molecule has 9 heavy (non-hydrogen) atoms. The number of hydrogen-bond donors (Lipinski definition) is 0. The molecule has 0 saturated carbocycles. The molecule has 1 aliphatic heterocycles. The van der Waals surface area contributed by atoms with Gasteiger partial charge >= 0.3 is 0 Å². The zero-order valence-corrected chi connectivity index (χ0v) is 6.03. The van der Waals surface area contributed by atoms with Gasteiger partial charge in [0.1, 0.15) is 0 Å². The highest BCUT2D eigenvalue weighted by Gasteiger charge is 2.01. The highest BCUT2D eigenvalue weighted by Crippen LogP contribution is 2.14. The van der Waals surface area contributed by atoms with Crippen molar-refractivity contribution in [1.82, 2.24) is 4.90 Å². The summed E-state index contributed by atoms with van der Waals surface area (Å²) in [6, 6.07) is 0. The third-order valence-corrected chi connectivity index (χ3v) is 1.98. The van der Waals surface area contributed by atoms with E-state index in [0.717, 1.165) is 12.4 Å². The van der Waals surface area contributed by atoms with Crippen molar-refractivity contribution >= 4 is 11.8 Å². The Kier molecular flexibility index (Phi) is 2.91. The molecule has 0 bridgehead atoms. The van der Waals surface area contributed by atoms with E-state index < -0.39 is 0 Å². The fourth-order valence-corrected chi connectivity index (χ4v) is 1.46. The summed E-state index contributed by atoms with van der Waals surface area (Å²) < 4.78 is 11.6. The van der Waals surface area contributed by atoms with Crippen LogP contribution in [0.2, 0.25) is 0 Å². The normalized spacial score (nSPS) is 17.2. The molecule has 1 aliphatic rings. The molecule has 0 aromatic rings. The van der Waals surface area contributed by atoms with Crippen molar-refractivity contribution in [3.05, 3.63) is 11.6 Å². The van der Waals surface area contributed by atoms with Crippen LogP contribution in [0.4, 0.5) is 4.39 Å². The van der Waals surface area contributed by atoms with E-state index in [1.54, 1.807) is 11.8 Å². The minimum Gasteiger partial charge on any atom is -0.367 e. The molecular weight excluding hydrogens is 137 g/mol. The van der Waals surface area contributed by atoms with Crippen molar-refractivity contribution in [2.75, 3.05) is 19.1 Å². The topological polar surface area (TPSA) is 3.24 Å². The Morgan fingerprint density at radius 1 is 1.67 bits per heavy atom. The summed E-state index contributed by atoms with van der Waals surface area (Å²) in [4.78, 5) is 2.12. The van der Waals surface area contributed by atoms with E-state index in [-0.39, 0.29) is 6.67 Å². The molecule has 0 aromatic heterocycles. The lowest BCUT2D eigenvalue weighted by Gasteiger charge is -2.11. The van der Waals surface area contributed by atoms with Gasteiger partial charge in [0.15, 0.2) is 0 Å². The molecule has 1 nitrogen and oxygen atoms in total. The van der Waals surface area contributed by atoms with Crippen molar-refractivity contribution < 1.29 is 4.39 Å². The minimum atomic E-state index is -0.199. The van der Waals surface area contributed by atoms with Crippen molar-refractivity contribution in [2.24, 2.45) is 0 Å². The summed E-state index contributed by atoms with van der Waals surface area (Å²) in [5.41, 5.74) is 0. The molecule has 0 saturated heterocycles. The first-order valence-corrected chi connectivity index (χ1v) is 4.06. The van der Waals surface area contributed by atoms with E-state index in [4.69, 9.17) is 0 Å². The van der Waals surface area contributed by atoms with Crippen molar-refractivity contribution in [3.63, 3.8) is 0 Å². The average Bonchev–Trinajstić information content (AvgIpc) is 2.34. The Bertz CT molecular complexity index is 105. The lowest BCUT2D eigenvalue weighted by Crippen LogP contribution is -2.14. The van der Waals surface area contributed by atoms with Crippen LogP contribution in [0.15, 0.2) is 11.6 Å². The molecule has 0 amide bonds. The summed E-state index contributed by atoms with van der Waals surface area (Å²) in [6.45, 7) is 0.662. The first-order chi connectivity index (χ1) is 4.43. The molecule has 0 radical (unpaired) electrons. The number of nitrogens with zero attached hydrogens (tertiary/aromatic N) is 1. The maximum Gasteiger partial charge on any atom is 0.0911 e. The second kappa shape index (κ2) is 3.77. The van der Waals surface area contributed by atoms with Crippen LogP contribution in [-0.4, -0.2) is 24.0 Å². The molecule has 1 heterocycles. The number of hydrogen-bond acceptors (Lipinski definition) is 2. The van der Waals surface area contributed by atoms with Crippen LogP contribution >= 0.6 is 11.8 Å². The van der Waals surface area contributed by atoms with Crippen LogP contribution in [0.3, 0.4) is 0 Å². The average molecular weight is 147 g/mol. The molecule has 0 unspecified atom stereocenters. The Labute approximate surface area is 58.9 Å². The molecule has 0 atom stereocenters. The van der Waals surface area contributed by atoms with Crippen LogP contribution in [0.1, 0.15) is 6.42 Å². The van der Waals surface area contributed by atoms with E-state index in [2.05, 4.69) is 4.90 Å². The zero-order valence-electron chi connectivity index (χ0n) is 5.22. The highest BCUT2D eigenvalue weighted by molar-refractivity contribution is 8.02. The molecule has 0 fully saturated rings. The molecule has 0 aromatic carbocycles. The monoisotopic (exact) mass is 147 g/mol. The SMILES string of the molecule is FCCCN1C=CSC1. The maximum absolute atomic E-state index is 11.6. The van der Waals surface area contributed by atoms with Crippen molar-refractivity contribution in [3.8, 4) is 0 Å². The first kappa shape index (κ1) is 6.93. The van der Waals surface area contributed by atoms with Gasteiger partial charge in [0, 0.05) is 12.7 Å². The third kappa shape index (κ3) is 2.26. The van der Waals surface area contributed by atoms with Gasteiger partial charge in [-0.2, -0.15) is 0 Å². The van der Waals surface area contributed by atoms with Gasteiger partial charge in [-0.1, -0.05) is 0 Å². The molecule has 0 N–H and O–H groups in total. The van der Waals surface area contributed by atoms with Crippen molar-refractivity contribution in [1.29, 1.82) is 0 Å². The van der Waals surface area contributed by atoms with Gasteiger partial charge in [-0.3, -0.25) is 4.39 Å². The molecular formula is C6H10FNS. The molecule has 1 rings (SSSR count). The van der Waals surface area contributed by atoms with E-state index in [9.17, 15) is 4.39 Å². The summed E-state index contributed by atoms with van der Waals surface area (Å²) in [7, 11) is 0. The van der Waals surface area contributed by atoms with Gasteiger partial charge in [-0.05, 0) is 11.8 Å². The second-order valence-electron chi connectivity index (χ2n) is 1.94. The lowest BCUT2D eigenvalue weighted by molar-refractivity contribution is 0.383. The van der Waals surface area contributed by atoms with Crippen LogP contribution in [-0.2, 0) is 0 Å². The van der Waals surface area contributed by atoms with Gasteiger partial charge in [-0.15, -0.1) is 11.8 Å². The van der Waals surface area contributed by atoms with E-state index in [0.29, 0.717) is 6.42 Å². The van der Waals surface area contributed by atoms with Gasteiger partial charge in [-0.25, -0.2) is 0 Å². The Morgan fingerprint density at radius 2 is 2.56 bits per heavy atom. The smallest absolute Gasteiger partial charge is 0.0911 e. The fraction of sp³-hybridized carbons (Fsp3) is 0.667. The van der Waals surface area contributed by atoms with Crippen molar-refractivity contribution in [2.45, 2.75) is 6.42 Å². The molecule has 0 aliphatic carbocycles. The van der Waals surface area contributed by atoms with Crippen LogP contribution < -0.4 is 0 Å². The summed E-state index contributed by atoms with van der Waals surface area (Å²) in [5.74, 6) is 1.00. The Morgan fingerprint density at radius 3 is 3.11 bits per heavy atom. The largest absolute Gasteiger partial charge is 0.367 e. The van der Waals surface area contributed by atoms with Gasteiger partial charge in [0.2, 0.25) is 0 Å². The van der Waals surface area contributed by atoms with Crippen LogP contribution in [0.5, 0.6) is 0 Å². The third-order valence-electron chi connectivity index (χ3n) is 1.19. The predicted octanol–water partition coefficient (Wildman–Crippen LogP) is 1.82. The molecule has 3 heteroatoms. The summed E-state index contributed by atoms with van der Waals surface area (Å²) in [5, 5.41) is 2.04. The van der Waals surface area contributed by atoms with Crippen LogP contribution in [0, 0.1) is 0 Å². The van der Waals surface area contributed by atoms with Gasteiger partial charge in [0.05, 0.1) is 12.6 Å². The Balaban J connectivity index is 2.05. The van der Waals surface area contributed by atoms with Gasteiger partial charge < -0.3 is 4.90 Å². The number of halogens is 1. The second-order valence-corrected chi connectivity index (χ2v) is 2.80. The quantitative estimate of drug-likeness (QED) is 0.599. The minimum absolute atomic E-state index is 0.199. The predicted molar refractivity (Wildman–Crippen MR) is 38.9 cm³/mol. The van der Waals surface area contributed by atoms with E-state index in [1.807, 2.05) is 11.6 Å². The number of alkyl halides is 1. The van der Waals surface area contributed by atoms with Crippen LogP contribution in [0.25, 0.3) is 0 Å². The highest BCUT2D eigenvalue weighted by atomic mass is 32.2. The fourth-order valence-electron chi connectivity index (χ4n) is 0.713. The van der Waals surface area contributed by atoms with E-state index >= 15 is 0 Å².